The van der Waals surface area contributed by atoms with E-state index in [2.05, 4.69) is 10.5 Å². The highest BCUT2D eigenvalue weighted by molar-refractivity contribution is 5.95. The molecule has 6 heteroatoms. The lowest BCUT2D eigenvalue weighted by Crippen LogP contribution is -2.19. The standard InChI is InChI=1S/C23H20N2O4/c26-23(19-8-11-21-22(14-19)28-13-12-27-21)25-24-15-17-6-9-20(10-7-17)29-16-18-4-2-1-3-5-18/h1-11,14-15H,12-13,16H2,(H,25,26)/b24-15-. The SMILES string of the molecule is O=C(N/N=C\c1ccc(OCc2ccccc2)cc1)c1ccc2c(c1)OCCO2. The third kappa shape index (κ3) is 4.93. The Morgan fingerprint density at radius 2 is 1.72 bits per heavy atom. The zero-order chi connectivity index (χ0) is 19.9. The summed E-state index contributed by atoms with van der Waals surface area (Å²) in [7, 11) is 0. The van der Waals surface area contributed by atoms with Gasteiger partial charge in [-0.05, 0) is 53.6 Å². The van der Waals surface area contributed by atoms with Crippen LogP contribution in [0.3, 0.4) is 0 Å². The number of hydrazone groups is 1. The number of nitrogens with one attached hydrogen (secondary N) is 1. The molecule has 0 aromatic heterocycles. The predicted molar refractivity (Wildman–Crippen MR) is 110 cm³/mol. The van der Waals surface area contributed by atoms with Crippen molar-refractivity contribution < 1.29 is 19.0 Å². The summed E-state index contributed by atoms with van der Waals surface area (Å²) in [5.74, 6) is 1.66. The highest BCUT2D eigenvalue weighted by atomic mass is 16.6. The van der Waals surface area contributed by atoms with E-state index in [1.54, 1.807) is 24.4 Å². The first kappa shape index (κ1) is 18.6. The average Bonchev–Trinajstić information content (AvgIpc) is 2.79. The zero-order valence-corrected chi connectivity index (χ0v) is 15.7. The molecule has 3 aromatic carbocycles. The van der Waals surface area contributed by atoms with Gasteiger partial charge in [-0.15, -0.1) is 0 Å². The molecular formula is C23H20N2O4. The molecular weight excluding hydrogens is 368 g/mol. The molecule has 1 N–H and O–H groups in total. The van der Waals surface area contributed by atoms with Crippen molar-refractivity contribution in [3.8, 4) is 17.2 Å². The number of nitrogens with zero attached hydrogens (tertiary/aromatic N) is 1. The first-order valence-electron chi connectivity index (χ1n) is 9.28. The van der Waals surface area contributed by atoms with E-state index >= 15 is 0 Å². The molecule has 0 unspecified atom stereocenters. The van der Waals surface area contributed by atoms with Gasteiger partial charge in [0.05, 0.1) is 6.21 Å². The van der Waals surface area contributed by atoms with Crippen molar-refractivity contribution in [2.75, 3.05) is 13.2 Å². The maximum Gasteiger partial charge on any atom is 0.271 e. The Morgan fingerprint density at radius 1 is 0.966 bits per heavy atom. The minimum atomic E-state index is -0.318. The van der Waals surface area contributed by atoms with Crippen molar-refractivity contribution in [2.24, 2.45) is 5.10 Å². The van der Waals surface area contributed by atoms with E-state index in [0.717, 1.165) is 16.9 Å². The fourth-order valence-corrected chi connectivity index (χ4v) is 2.81. The molecule has 0 atom stereocenters. The second-order valence-corrected chi connectivity index (χ2v) is 6.40. The highest BCUT2D eigenvalue weighted by Crippen LogP contribution is 2.30. The van der Waals surface area contributed by atoms with Gasteiger partial charge in [0.2, 0.25) is 0 Å². The van der Waals surface area contributed by atoms with Crippen LogP contribution in [0.2, 0.25) is 0 Å². The van der Waals surface area contributed by atoms with Gasteiger partial charge in [0.25, 0.3) is 5.91 Å². The number of amides is 1. The molecule has 29 heavy (non-hydrogen) atoms. The van der Waals surface area contributed by atoms with E-state index < -0.39 is 0 Å². The van der Waals surface area contributed by atoms with Gasteiger partial charge in [0.15, 0.2) is 11.5 Å². The van der Waals surface area contributed by atoms with E-state index in [1.807, 2.05) is 54.6 Å². The number of rotatable bonds is 6. The van der Waals surface area contributed by atoms with Crippen molar-refractivity contribution in [2.45, 2.75) is 6.61 Å². The molecule has 1 heterocycles. The van der Waals surface area contributed by atoms with Crippen LogP contribution in [-0.4, -0.2) is 25.3 Å². The molecule has 0 bridgehead atoms. The van der Waals surface area contributed by atoms with Gasteiger partial charge in [0, 0.05) is 5.56 Å². The molecule has 0 saturated carbocycles. The molecule has 0 aliphatic carbocycles. The van der Waals surface area contributed by atoms with Crippen molar-refractivity contribution in [1.29, 1.82) is 0 Å². The second kappa shape index (κ2) is 8.93. The van der Waals surface area contributed by atoms with Crippen molar-refractivity contribution in [1.82, 2.24) is 5.43 Å². The lowest BCUT2D eigenvalue weighted by molar-refractivity contribution is 0.0954. The van der Waals surface area contributed by atoms with Crippen molar-refractivity contribution >= 4 is 12.1 Å². The van der Waals surface area contributed by atoms with E-state index in [1.165, 1.54) is 0 Å². The third-order valence-corrected chi connectivity index (χ3v) is 4.31. The summed E-state index contributed by atoms with van der Waals surface area (Å²) < 4.78 is 16.7. The van der Waals surface area contributed by atoms with Crippen LogP contribution in [0, 0.1) is 0 Å². The molecule has 146 valence electrons. The van der Waals surface area contributed by atoms with Gasteiger partial charge in [0.1, 0.15) is 25.6 Å². The molecule has 0 spiro atoms. The first-order valence-corrected chi connectivity index (χ1v) is 9.28. The molecule has 3 aromatic rings. The lowest BCUT2D eigenvalue weighted by atomic mass is 10.2. The second-order valence-electron chi connectivity index (χ2n) is 6.40. The quantitative estimate of drug-likeness (QED) is 0.515. The van der Waals surface area contributed by atoms with Crippen LogP contribution in [0.5, 0.6) is 17.2 Å². The minimum Gasteiger partial charge on any atom is -0.489 e. The Bertz CT molecular complexity index is 1000. The van der Waals surface area contributed by atoms with E-state index in [-0.39, 0.29) is 5.91 Å². The molecule has 1 aliphatic rings. The monoisotopic (exact) mass is 388 g/mol. The maximum absolute atomic E-state index is 12.3. The van der Waals surface area contributed by atoms with Crippen molar-refractivity contribution in [3.63, 3.8) is 0 Å². The maximum atomic E-state index is 12.3. The topological polar surface area (TPSA) is 69.2 Å². The fourth-order valence-electron chi connectivity index (χ4n) is 2.81. The lowest BCUT2D eigenvalue weighted by Gasteiger charge is -2.18. The zero-order valence-electron chi connectivity index (χ0n) is 15.7. The van der Waals surface area contributed by atoms with Gasteiger partial charge < -0.3 is 14.2 Å². The molecule has 0 radical (unpaired) electrons. The first-order chi connectivity index (χ1) is 14.3. The van der Waals surface area contributed by atoms with Gasteiger partial charge in [-0.3, -0.25) is 4.79 Å². The van der Waals surface area contributed by atoms with Gasteiger partial charge >= 0.3 is 0 Å². The Morgan fingerprint density at radius 3 is 2.52 bits per heavy atom. The largest absolute Gasteiger partial charge is 0.489 e. The summed E-state index contributed by atoms with van der Waals surface area (Å²) in [5.41, 5.74) is 4.93. The number of fused-ring (bicyclic) bond motifs is 1. The highest BCUT2D eigenvalue weighted by Gasteiger charge is 2.14. The Balaban J connectivity index is 1.30. The van der Waals surface area contributed by atoms with E-state index in [9.17, 15) is 4.79 Å². The molecule has 0 saturated heterocycles. The van der Waals surface area contributed by atoms with Crippen LogP contribution in [0.15, 0.2) is 77.9 Å². The number of carbonyl (C=O) groups excluding carboxylic acids is 1. The van der Waals surface area contributed by atoms with E-state index in [4.69, 9.17) is 14.2 Å². The summed E-state index contributed by atoms with van der Waals surface area (Å²) >= 11 is 0. The number of carbonyl (C=O) groups is 1. The average molecular weight is 388 g/mol. The Kier molecular flexibility index (Phi) is 5.71. The van der Waals surface area contributed by atoms with E-state index in [0.29, 0.717) is 36.9 Å². The molecule has 6 nitrogen and oxygen atoms in total. The van der Waals surface area contributed by atoms with Crippen LogP contribution in [0.25, 0.3) is 0 Å². The number of hydrogen-bond acceptors (Lipinski definition) is 5. The summed E-state index contributed by atoms with van der Waals surface area (Å²) in [6.45, 7) is 1.50. The summed E-state index contributed by atoms with van der Waals surface area (Å²) in [6.07, 6.45) is 1.58. The normalized spacial score (nSPS) is 12.6. The predicted octanol–water partition coefficient (Wildman–Crippen LogP) is 3.80. The van der Waals surface area contributed by atoms with Crippen LogP contribution in [0.4, 0.5) is 0 Å². The third-order valence-electron chi connectivity index (χ3n) is 4.31. The summed E-state index contributed by atoms with van der Waals surface area (Å²) in [4.78, 5) is 12.3. The fraction of sp³-hybridized carbons (Fsp3) is 0.130. The minimum absolute atomic E-state index is 0.318. The molecule has 0 fully saturated rings. The molecule has 1 amide bonds. The summed E-state index contributed by atoms with van der Waals surface area (Å²) in [5, 5.41) is 4.02. The number of hydrogen-bond donors (Lipinski definition) is 1. The molecule has 4 rings (SSSR count). The van der Waals surface area contributed by atoms with Crippen LogP contribution >= 0.6 is 0 Å². The smallest absolute Gasteiger partial charge is 0.271 e. The molecule has 1 aliphatic heterocycles. The van der Waals surface area contributed by atoms with Crippen LogP contribution in [0.1, 0.15) is 21.5 Å². The van der Waals surface area contributed by atoms with Gasteiger partial charge in [-0.2, -0.15) is 5.10 Å². The van der Waals surface area contributed by atoms with Gasteiger partial charge in [-0.1, -0.05) is 30.3 Å². The van der Waals surface area contributed by atoms with Crippen LogP contribution in [-0.2, 0) is 6.61 Å². The van der Waals surface area contributed by atoms with Crippen LogP contribution < -0.4 is 19.6 Å². The Labute approximate surface area is 168 Å². The number of ether oxygens (including phenoxy) is 3. The van der Waals surface area contributed by atoms with Crippen molar-refractivity contribution in [3.05, 3.63) is 89.5 Å². The summed E-state index contributed by atoms with van der Waals surface area (Å²) in [6, 6.07) is 22.5. The van der Waals surface area contributed by atoms with Gasteiger partial charge in [-0.25, -0.2) is 5.43 Å². The Hall–Kier alpha value is -3.80. The number of benzene rings is 3.